The van der Waals surface area contributed by atoms with Gasteiger partial charge in [-0.1, -0.05) is 30.3 Å². The molecule has 4 heteroatoms. The van der Waals surface area contributed by atoms with Crippen molar-refractivity contribution in [1.82, 2.24) is 0 Å². The van der Waals surface area contributed by atoms with Gasteiger partial charge in [0.15, 0.2) is 6.10 Å². The van der Waals surface area contributed by atoms with Gasteiger partial charge in [-0.15, -0.1) is 0 Å². The molecule has 0 fully saturated rings. The summed E-state index contributed by atoms with van der Waals surface area (Å²) in [5.41, 5.74) is 1.68. The van der Waals surface area contributed by atoms with E-state index in [0.29, 0.717) is 5.75 Å². The Balaban J connectivity index is 1.84. The number of ether oxygens (including phenoxy) is 1. The maximum atomic E-state index is 11.7. The second kappa shape index (κ2) is 6.73. The van der Waals surface area contributed by atoms with E-state index >= 15 is 0 Å². The van der Waals surface area contributed by atoms with Gasteiger partial charge in [-0.2, -0.15) is 0 Å². The predicted molar refractivity (Wildman–Crippen MR) is 75.5 cm³/mol. The van der Waals surface area contributed by atoms with Crippen LogP contribution in [0.4, 0.5) is 0 Å². The van der Waals surface area contributed by atoms with E-state index in [0.717, 1.165) is 11.1 Å². The molecular weight excluding hydrogens is 256 g/mol. The molecule has 0 saturated carbocycles. The molecule has 4 nitrogen and oxygen atoms in total. The molecule has 0 heterocycles. The smallest absolute Gasteiger partial charge is 0.335 e. The number of esters is 1. The maximum Gasteiger partial charge on any atom is 0.335 e. The van der Waals surface area contributed by atoms with Crippen LogP contribution < -0.4 is 0 Å². The monoisotopic (exact) mass is 273 g/mol. The number of hydrogen-bond donors (Lipinski definition) is 1. The van der Waals surface area contributed by atoms with Crippen molar-refractivity contribution in [1.29, 1.82) is 0 Å². The van der Waals surface area contributed by atoms with E-state index < -0.39 is 12.1 Å². The lowest BCUT2D eigenvalue weighted by Gasteiger charge is -2.10. The maximum absolute atomic E-state index is 11.7. The fourth-order valence-corrected chi connectivity index (χ4v) is 1.77. The van der Waals surface area contributed by atoms with Gasteiger partial charge in [0.1, 0.15) is 6.61 Å². The van der Waals surface area contributed by atoms with Crippen LogP contribution in [-0.4, -0.2) is 22.3 Å². The van der Waals surface area contributed by atoms with E-state index in [9.17, 15) is 9.90 Å². The Labute approximate surface area is 117 Å². The average Bonchev–Trinajstić information content (AvgIpc) is 2.48. The summed E-state index contributed by atoms with van der Waals surface area (Å²) < 4.78 is 5.06. The molecule has 0 saturated heterocycles. The van der Waals surface area contributed by atoms with Crippen LogP contribution in [0.1, 0.15) is 11.1 Å². The topological polar surface area (TPSA) is 69.4 Å². The quantitative estimate of drug-likeness (QED) is 0.666. The third-order valence-electron chi connectivity index (χ3n) is 2.88. The van der Waals surface area contributed by atoms with Crippen molar-refractivity contribution in [3.8, 4) is 5.75 Å². The number of carbonyl (C=O) groups excluding carboxylic acids is 1. The highest BCUT2D eigenvalue weighted by Crippen LogP contribution is 2.12. The first-order chi connectivity index (χ1) is 9.65. The van der Waals surface area contributed by atoms with Gasteiger partial charge >= 0.3 is 5.97 Å². The van der Waals surface area contributed by atoms with Crippen LogP contribution in [0.3, 0.4) is 0 Å². The highest BCUT2D eigenvalue weighted by atomic mass is 16.5. The SMILES string of the molecule is O=C(OCc1ccccc1)[C@H](O)Cc1ccc([OH2+])cc1. The molecule has 0 aliphatic heterocycles. The molecule has 0 spiro atoms. The molecule has 0 amide bonds. The van der Waals surface area contributed by atoms with Crippen LogP contribution >= 0.6 is 0 Å². The lowest BCUT2D eigenvalue weighted by molar-refractivity contribution is -0.154. The number of aliphatic hydroxyl groups is 1. The highest BCUT2D eigenvalue weighted by molar-refractivity contribution is 5.74. The van der Waals surface area contributed by atoms with E-state index in [4.69, 9.17) is 9.84 Å². The summed E-state index contributed by atoms with van der Waals surface area (Å²) in [6, 6.07) is 16.0. The number of carbonyl (C=O) groups is 1. The van der Waals surface area contributed by atoms with Crippen LogP contribution in [-0.2, 0) is 22.6 Å². The standard InChI is InChI=1S/C16H16O4/c17-14-8-6-12(7-9-14)10-15(18)16(19)20-11-13-4-2-1-3-5-13/h1-9,15,17-18H,10-11H2/p+1/t15-/m1/s1. The predicted octanol–water partition coefficient (Wildman–Crippen LogP) is 1.77. The van der Waals surface area contributed by atoms with E-state index in [1.807, 2.05) is 30.3 Å². The first-order valence-electron chi connectivity index (χ1n) is 6.34. The Kier molecular flexibility index (Phi) is 4.74. The van der Waals surface area contributed by atoms with E-state index in [-0.39, 0.29) is 13.0 Å². The molecule has 0 aliphatic rings. The summed E-state index contributed by atoms with van der Waals surface area (Å²) in [5, 5.41) is 17.2. The molecule has 0 bridgehead atoms. The van der Waals surface area contributed by atoms with Crippen LogP contribution in [0.5, 0.6) is 5.75 Å². The van der Waals surface area contributed by atoms with Gasteiger partial charge < -0.3 is 14.9 Å². The third kappa shape index (κ3) is 4.10. The summed E-state index contributed by atoms with van der Waals surface area (Å²) >= 11 is 0. The molecule has 2 aromatic carbocycles. The molecule has 0 radical (unpaired) electrons. The zero-order valence-electron chi connectivity index (χ0n) is 11.0. The van der Waals surface area contributed by atoms with Gasteiger partial charge in [-0.25, -0.2) is 4.79 Å². The second-order valence-corrected chi connectivity index (χ2v) is 4.51. The number of aliphatic hydroxyl groups excluding tert-OH is 1. The van der Waals surface area contributed by atoms with Crippen LogP contribution in [0.2, 0.25) is 0 Å². The Morgan fingerprint density at radius 1 is 1.05 bits per heavy atom. The Hall–Kier alpha value is -2.33. The lowest BCUT2D eigenvalue weighted by atomic mass is 10.1. The highest BCUT2D eigenvalue weighted by Gasteiger charge is 2.17. The molecule has 0 aromatic heterocycles. The fourth-order valence-electron chi connectivity index (χ4n) is 1.77. The van der Waals surface area contributed by atoms with Gasteiger partial charge in [0.2, 0.25) is 0 Å². The number of hydrogen-bond acceptors (Lipinski definition) is 3. The number of rotatable bonds is 5. The van der Waals surface area contributed by atoms with Crippen molar-refractivity contribution in [2.75, 3.05) is 0 Å². The van der Waals surface area contributed by atoms with Gasteiger partial charge in [0, 0.05) is 18.6 Å². The molecular formula is C16H17O4+. The molecule has 20 heavy (non-hydrogen) atoms. The lowest BCUT2D eigenvalue weighted by Crippen LogP contribution is -2.25. The molecule has 0 aliphatic carbocycles. The molecule has 2 aromatic rings. The fraction of sp³-hybridized carbons (Fsp3) is 0.188. The van der Waals surface area contributed by atoms with Gasteiger partial charge in [0.25, 0.3) is 5.75 Å². The Morgan fingerprint density at radius 2 is 1.70 bits per heavy atom. The zero-order valence-corrected chi connectivity index (χ0v) is 11.0. The molecule has 3 N–H and O–H groups in total. The van der Waals surface area contributed by atoms with Gasteiger partial charge in [-0.3, -0.25) is 0 Å². The zero-order chi connectivity index (χ0) is 14.4. The summed E-state index contributed by atoms with van der Waals surface area (Å²) in [6.45, 7) is 0.155. The molecule has 1 atom stereocenters. The van der Waals surface area contributed by atoms with Crippen molar-refractivity contribution < 1.29 is 19.7 Å². The minimum Gasteiger partial charge on any atom is -0.593 e. The summed E-state index contributed by atoms with van der Waals surface area (Å²) in [6.07, 6.45) is -0.997. The van der Waals surface area contributed by atoms with Gasteiger partial charge in [0.05, 0.1) is 0 Å². The van der Waals surface area contributed by atoms with Crippen molar-refractivity contribution in [3.05, 3.63) is 65.7 Å². The van der Waals surface area contributed by atoms with Crippen LogP contribution in [0.25, 0.3) is 0 Å². The minimum atomic E-state index is -1.18. The van der Waals surface area contributed by atoms with Crippen LogP contribution in [0.15, 0.2) is 54.6 Å². The van der Waals surface area contributed by atoms with Crippen molar-refractivity contribution >= 4 is 5.97 Å². The normalized spacial score (nSPS) is 11.8. The first kappa shape index (κ1) is 14.1. The summed E-state index contributed by atoms with van der Waals surface area (Å²) in [4.78, 5) is 11.7. The first-order valence-corrected chi connectivity index (χ1v) is 6.34. The van der Waals surface area contributed by atoms with Gasteiger partial charge in [-0.05, 0) is 23.3 Å². The largest absolute Gasteiger partial charge is 0.593 e. The third-order valence-corrected chi connectivity index (χ3v) is 2.88. The molecule has 0 unspecified atom stereocenters. The number of benzene rings is 2. The molecule has 104 valence electrons. The Morgan fingerprint density at radius 3 is 2.35 bits per heavy atom. The molecule has 2 rings (SSSR count). The second-order valence-electron chi connectivity index (χ2n) is 4.51. The van der Waals surface area contributed by atoms with E-state index in [2.05, 4.69) is 0 Å². The summed E-state index contributed by atoms with van der Waals surface area (Å²) in [7, 11) is 0. The van der Waals surface area contributed by atoms with Crippen molar-refractivity contribution in [2.24, 2.45) is 0 Å². The van der Waals surface area contributed by atoms with Crippen LogP contribution in [0, 0.1) is 0 Å². The van der Waals surface area contributed by atoms with Crippen molar-refractivity contribution in [2.45, 2.75) is 19.1 Å². The Bertz CT molecular complexity index is 548. The van der Waals surface area contributed by atoms with E-state index in [1.54, 1.807) is 24.3 Å². The van der Waals surface area contributed by atoms with Crippen molar-refractivity contribution in [3.63, 3.8) is 0 Å². The minimum absolute atomic E-state index is 0.155. The van der Waals surface area contributed by atoms with E-state index in [1.165, 1.54) is 0 Å². The summed E-state index contributed by atoms with van der Waals surface area (Å²) in [5.74, 6) is -0.237. The average molecular weight is 273 g/mol.